The SMILES string of the molecule is CCCC[n+]1cnc2oc(-c3ccc(OC)cc3)c(-c3ccc(OC)cc3)c2c1N. The number of methoxy groups -OCH3 is 2. The van der Waals surface area contributed by atoms with Crippen molar-refractivity contribution in [3.63, 3.8) is 0 Å². The maximum atomic E-state index is 6.61. The van der Waals surface area contributed by atoms with Crippen LogP contribution in [0.4, 0.5) is 5.82 Å². The number of nitrogen functional groups attached to an aromatic ring is 1. The molecule has 0 aliphatic heterocycles. The van der Waals surface area contributed by atoms with Crippen LogP contribution in [0.1, 0.15) is 19.8 Å². The summed E-state index contributed by atoms with van der Waals surface area (Å²) >= 11 is 0. The van der Waals surface area contributed by atoms with Gasteiger partial charge in [-0.3, -0.25) is 0 Å². The van der Waals surface area contributed by atoms with E-state index in [1.165, 1.54) is 0 Å². The standard InChI is InChI=1S/C24H25N3O3/c1-4-5-14-27-15-26-24-21(23(27)25)20(16-6-10-18(28-2)11-7-16)22(30-24)17-8-12-19(29-3)13-9-17/h6-13,15,25H,4-5,14H2,1-3H3/p+1. The number of hydrogen-bond donors (Lipinski definition) is 1. The number of hydrogen-bond acceptors (Lipinski definition) is 5. The number of aryl methyl sites for hydroxylation is 1. The molecule has 2 N–H and O–H groups in total. The molecule has 4 rings (SSSR count). The van der Waals surface area contributed by atoms with Gasteiger partial charge in [-0.1, -0.05) is 30.5 Å². The van der Waals surface area contributed by atoms with Crippen LogP contribution in [0.3, 0.4) is 0 Å². The van der Waals surface area contributed by atoms with E-state index in [9.17, 15) is 0 Å². The van der Waals surface area contributed by atoms with Crippen molar-refractivity contribution in [2.75, 3.05) is 20.0 Å². The molecule has 0 radical (unpaired) electrons. The van der Waals surface area contributed by atoms with E-state index in [1.807, 2.05) is 53.1 Å². The Labute approximate surface area is 175 Å². The van der Waals surface area contributed by atoms with Crippen LogP contribution >= 0.6 is 0 Å². The first-order valence-corrected chi connectivity index (χ1v) is 10.1. The van der Waals surface area contributed by atoms with Crippen LogP contribution in [0.15, 0.2) is 59.3 Å². The zero-order valence-corrected chi connectivity index (χ0v) is 17.5. The van der Waals surface area contributed by atoms with Crippen LogP contribution in [-0.2, 0) is 6.54 Å². The fourth-order valence-electron chi connectivity index (χ4n) is 3.56. The van der Waals surface area contributed by atoms with Crippen molar-refractivity contribution < 1.29 is 18.5 Å². The molecule has 2 aromatic carbocycles. The quantitative estimate of drug-likeness (QED) is 0.446. The number of fused-ring (bicyclic) bond motifs is 1. The van der Waals surface area contributed by atoms with Crippen molar-refractivity contribution in [2.45, 2.75) is 26.3 Å². The average molecular weight is 404 g/mol. The Morgan fingerprint density at radius 1 is 0.933 bits per heavy atom. The van der Waals surface area contributed by atoms with Gasteiger partial charge in [0.1, 0.15) is 22.6 Å². The van der Waals surface area contributed by atoms with Gasteiger partial charge in [0, 0.05) is 11.1 Å². The maximum absolute atomic E-state index is 6.61. The highest BCUT2D eigenvalue weighted by Gasteiger charge is 2.25. The molecule has 6 nitrogen and oxygen atoms in total. The number of benzene rings is 2. The van der Waals surface area contributed by atoms with E-state index < -0.39 is 0 Å². The number of aromatic nitrogens is 2. The number of rotatable bonds is 7. The molecule has 30 heavy (non-hydrogen) atoms. The third-order valence-corrected chi connectivity index (χ3v) is 5.25. The third-order valence-electron chi connectivity index (χ3n) is 5.25. The van der Waals surface area contributed by atoms with Gasteiger partial charge in [0.05, 0.1) is 20.8 Å². The highest BCUT2D eigenvalue weighted by Crippen LogP contribution is 2.42. The third kappa shape index (κ3) is 3.56. The Balaban J connectivity index is 1.96. The van der Waals surface area contributed by atoms with Gasteiger partial charge in [-0.2, -0.15) is 0 Å². The lowest BCUT2D eigenvalue weighted by molar-refractivity contribution is -0.684. The van der Waals surface area contributed by atoms with Crippen LogP contribution in [-0.4, -0.2) is 19.2 Å². The lowest BCUT2D eigenvalue weighted by Crippen LogP contribution is -2.37. The summed E-state index contributed by atoms with van der Waals surface area (Å²) in [6, 6.07) is 15.7. The first-order valence-electron chi connectivity index (χ1n) is 10.1. The van der Waals surface area contributed by atoms with Gasteiger partial charge in [0.2, 0.25) is 12.1 Å². The normalized spacial score (nSPS) is 11.0. The Kier molecular flexibility index (Phi) is 5.57. The molecule has 0 fully saturated rings. The largest absolute Gasteiger partial charge is 0.497 e. The van der Waals surface area contributed by atoms with E-state index in [2.05, 4.69) is 11.9 Å². The van der Waals surface area contributed by atoms with E-state index in [-0.39, 0.29) is 0 Å². The highest BCUT2D eigenvalue weighted by molar-refractivity contribution is 6.04. The van der Waals surface area contributed by atoms with Gasteiger partial charge in [-0.05, 0) is 48.4 Å². The van der Waals surface area contributed by atoms with E-state index in [0.717, 1.165) is 58.7 Å². The molecule has 0 aliphatic rings. The molecule has 0 bridgehead atoms. The lowest BCUT2D eigenvalue weighted by Gasteiger charge is -2.07. The second-order valence-corrected chi connectivity index (χ2v) is 7.12. The predicted molar refractivity (Wildman–Crippen MR) is 118 cm³/mol. The molecule has 0 atom stereocenters. The summed E-state index contributed by atoms with van der Waals surface area (Å²) in [5, 5.41) is 0.824. The van der Waals surface area contributed by atoms with E-state index in [4.69, 9.17) is 19.6 Å². The molecular formula is C24H26N3O3+. The molecule has 0 spiro atoms. The maximum Gasteiger partial charge on any atom is 0.310 e. The summed E-state index contributed by atoms with van der Waals surface area (Å²) in [5.41, 5.74) is 9.98. The van der Waals surface area contributed by atoms with Gasteiger partial charge in [-0.25, -0.2) is 4.57 Å². The van der Waals surface area contributed by atoms with Crippen LogP contribution in [0, 0.1) is 0 Å². The first-order chi connectivity index (χ1) is 14.7. The fraction of sp³-hybridized carbons (Fsp3) is 0.250. The minimum atomic E-state index is 0.525. The summed E-state index contributed by atoms with van der Waals surface area (Å²) in [6.07, 6.45) is 3.87. The van der Waals surface area contributed by atoms with E-state index in [1.54, 1.807) is 20.5 Å². The number of nitrogens with two attached hydrogens (primary N) is 1. The van der Waals surface area contributed by atoms with Crippen molar-refractivity contribution >= 4 is 16.9 Å². The smallest absolute Gasteiger partial charge is 0.310 e. The van der Waals surface area contributed by atoms with E-state index >= 15 is 0 Å². The van der Waals surface area contributed by atoms with Crippen LogP contribution < -0.4 is 19.8 Å². The molecule has 0 amide bonds. The molecule has 0 unspecified atom stereocenters. The number of unbranched alkanes of at least 4 members (excludes halogenated alkanes) is 1. The second-order valence-electron chi connectivity index (χ2n) is 7.12. The Bertz CT molecular complexity index is 1150. The van der Waals surface area contributed by atoms with Crippen molar-refractivity contribution in [1.82, 2.24) is 4.98 Å². The summed E-state index contributed by atoms with van der Waals surface area (Å²) in [7, 11) is 3.31. The zero-order chi connectivity index (χ0) is 21.1. The summed E-state index contributed by atoms with van der Waals surface area (Å²) in [4.78, 5) is 4.56. The minimum absolute atomic E-state index is 0.525. The first kappa shape index (κ1) is 19.8. The monoisotopic (exact) mass is 404 g/mol. The Hall–Kier alpha value is -3.54. The Morgan fingerprint density at radius 2 is 1.53 bits per heavy atom. The van der Waals surface area contributed by atoms with Crippen LogP contribution in [0.5, 0.6) is 11.5 Å². The Morgan fingerprint density at radius 3 is 2.10 bits per heavy atom. The van der Waals surface area contributed by atoms with Gasteiger partial charge >= 0.3 is 5.71 Å². The molecule has 2 aromatic heterocycles. The van der Waals surface area contributed by atoms with Gasteiger partial charge in [0.25, 0.3) is 0 Å². The average Bonchev–Trinajstić information content (AvgIpc) is 3.19. The molecule has 0 aliphatic carbocycles. The van der Waals surface area contributed by atoms with Crippen molar-refractivity contribution in [1.29, 1.82) is 0 Å². The van der Waals surface area contributed by atoms with Crippen molar-refractivity contribution in [3.8, 4) is 33.9 Å². The van der Waals surface area contributed by atoms with Gasteiger partial charge in [-0.15, -0.1) is 0 Å². The lowest BCUT2D eigenvalue weighted by atomic mass is 9.99. The minimum Gasteiger partial charge on any atom is -0.497 e. The second kappa shape index (κ2) is 8.45. The van der Waals surface area contributed by atoms with Crippen molar-refractivity contribution in [3.05, 3.63) is 54.9 Å². The fourth-order valence-corrected chi connectivity index (χ4v) is 3.56. The number of furan rings is 1. The summed E-state index contributed by atoms with van der Waals surface area (Å²) in [6.45, 7) is 2.97. The highest BCUT2D eigenvalue weighted by atomic mass is 16.5. The van der Waals surface area contributed by atoms with Crippen molar-refractivity contribution in [2.24, 2.45) is 0 Å². The van der Waals surface area contributed by atoms with Crippen LogP contribution in [0.2, 0.25) is 0 Å². The molecular weight excluding hydrogens is 378 g/mol. The predicted octanol–water partition coefficient (Wildman–Crippen LogP) is 4.85. The van der Waals surface area contributed by atoms with Gasteiger partial charge in [0.15, 0.2) is 0 Å². The summed E-state index contributed by atoms with van der Waals surface area (Å²) in [5.74, 6) is 2.96. The molecule has 154 valence electrons. The van der Waals surface area contributed by atoms with Crippen LogP contribution in [0.25, 0.3) is 33.6 Å². The molecule has 0 saturated carbocycles. The zero-order valence-electron chi connectivity index (χ0n) is 17.5. The number of nitrogens with zero attached hydrogens (tertiary/aromatic N) is 2. The molecule has 2 heterocycles. The topological polar surface area (TPSA) is 74.4 Å². The number of anilines is 1. The van der Waals surface area contributed by atoms with Gasteiger partial charge < -0.3 is 19.6 Å². The van der Waals surface area contributed by atoms with E-state index in [0.29, 0.717) is 11.5 Å². The number of ether oxygens (including phenoxy) is 2. The summed E-state index contributed by atoms with van der Waals surface area (Å²) < 4.78 is 18.8. The molecule has 0 saturated heterocycles. The molecule has 4 aromatic rings. The molecule has 6 heteroatoms.